The second-order valence-electron chi connectivity index (χ2n) is 2.96. The Kier molecular flexibility index (Phi) is 2.17. The van der Waals surface area contributed by atoms with Crippen LogP contribution in [-0.4, -0.2) is 21.0 Å². The molecule has 4 nitrogen and oxygen atoms in total. The molecule has 0 amide bonds. The number of aromatic nitrogens is 2. The highest BCUT2D eigenvalue weighted by Crippen LogP contribution is 2.19. The van der Waals surface area contributed by atoms with Gasteiger partial charge in [0.05, 0.1) is 10.2 Å². The molecule has 0 radical (unpaired) electrons. The lowest BCUT2D eigenvalue weighted by atomic mass is 10.2. The van der Waals surface area contributed by atoms with E-state index in [2.05, 4.69) is 9.97 Å². The van der Waals surface area contributed by atoms with Gasteiger partial charge in [0.15, 0.2) is 0 Å². The van der Waals surface area contributed by atoms with Crippen LogP contribution in [0.4, 0.5) is 0 Å². The summed E-state index contributed by atoms with van der Waals surface area (Å²) in [5, 5.41) is 10.7. The molecule has 1 atom stereocenters. The highest BCUT2D eigenvalue weighted by molar-refractivity contribution is 7.17. The second-order valence-corrected chi connectivity index (χ2v) is 3.91. The van der Waals surface area contributed by atoms with Crippen molar-refractivity contribution in [3.63, 3.8) is 0 Å². The first-order chi connectivity index (χ1) is 6.68. The van der Waals surface area contributed by atoms with Crippen molar-refractivity contribution < 1.29 is 9.90 Å². The monoisotopic (exact) mass is 208 g/mol. The third kappa shape index (κ3) is 1.46. The van der Waals surface area contributed by atoms with E-state index in [1.165, 1.54) is 0 Å². The second kappa shape index (κ2) is 3.34. The Morgan fingerprint density at radius 2 is 2.43 bits per heavy atom. The van der Waals surface area contributed by atoms with Gasteiger partial charge in [0.2, 0.25) is 0 Å². The quantitative estimate of drug-likeness (QED) is 0.818. The van der Waals surface area contributed by atoms with Crippen LogP contribution in [0.3, 0.4) is 0 Å². The third-order valence-electron chi connectivity index (χ3n) is 1.98. The van der Waals surface area contributed by atoms with Gasteiger partial charge in [-0.15, -0.1) is 11.3 Å². The summed E-state index contributed by atoms with van der Waals surface area (Å²) in [6.45, 7) is 1.58. The molecule has 0 saturated carbocycles. The summed E-state index contributed by atoms with van der Waals surface area (Å²) in [6.07, 6.45) is 1.67. The number of carboxylic acids is 1. The molecule has 0 aliphatic carbocycles. The van der Waals surface area contributed by atoms with E-state index < -0.39 is 11.9 Å². The summed E-state index contributed by atoms with van der Waals surface area (Å²) in [4.78, 5) is 18.9. The van der Waals surface area contributed by atoms with E-state index in [1.807, 2.05) is 11.4 Å². The fourth-order valence-electron chi connectivity index (χ4n) is 1.10. The molecule has 2 heterocycles. The molecular formula is C9H8N2O2S. The van der Waals surface area contributed by atoms with Gasteiger partial charge in [-0.05, 0) is 18.4 Å². The first-order valence-corrected chi connectivity index (χ1v) is 4.99. The minimum Gasteiger partial charge on any atom is -0.481 e. The van der Waals surface area contributed by atoms with Crippen LogP contribution in [0.5, 0.6) is 0 Å². The van der Waals surface area contributed by atoms with Gasteiger partial charge in [-0.3, -0.25) is 4.79 Å². The van der Waals surface area contributed by atoms with Crippen LogP contribution >= 0.6 is 11.3 Å². The Morgan fingerprint density at radius 3 is 3.14 bits per heavy atom. The summed E-state index contributed by atoms with van der Waals surface area (Å²) in [5.74, 6) is -1.19. The average molecular weight is 208 g/mol. The fraction of sp³-hybridized carbons (Fsp3) is 0.222. The van der Waals surface area contributed by atoms with Gasteiger partial charge < -0.3 is 5.11 Å². The lowest BCUT2D eigenvalue weighted by molar-refractivity contribution is -0.138. The number of fused-ring (bicyclic) bond motifs is 1. The normalized spacial score (nSPS) is 12.9. The Morgan fingerprint density at radius 1 is 1.64 bits per heavy atom. The van der Waals surface area contributed by atoms with E-state index in [0.717, 1.165) is 10.2 Å². The van der Waals surface area contributed by atoms with Gasteiger partial charge in [0.1, 0.15) is 11.7 Å². The van der Waals surface area contributed by atoms with Crippen LogP contribution in [-0.2, 0) is 4.79 Å². The largest absolute Gasteiger partial charge is 0.481 e. The molecular weight excluding hydrogens is 200 g/mol. The molecule has 2 rings (SSSR count). The van der Waals surface area contributed by atoms with Gasteiger partial charge >= 0.3 is 5.97 Å². The SMILES string of the molecule is CC(C(=O)O)c1ncc2sccc2n1. The van der Waals surface area contributed by atoms with E-state index in [0.29, 0.717) is 5.82 Å². The highest BCUT2D eigenvalue weighted by atomic mass is 32.1. The molecule has 2 aromatic heterocycles. The first kappa shape index (κ1) is 9.08. The van der Waals surface area contributed by atoms with Crippen LogP contribution < -0.4 is 0 Å². The minimum absolute atomic E-state index is 0.364. The number of thiophene rings is 1. The number of hydrogen-bond acceptors (Lipinski definition) is 4. The van der Waals surface area contributed by atoms with Gasteiger partial charge in [-0.25, -0.2) is 9.97 Å². The lowest BCUT2D eigenvalue weighted by Crippen LogP contribution is -2.10. The molecule has 14 heavy (non-hydrogen) atoms. The van der Waals surface area contributed by atoms with Crippen molar-refractivity contribution in [2.45, 2.75) is 12.8 Å². The van der Waals surface area contributed by atoms with Crippen LogP contribution in [0.25, 0.3) is 10.2 Å². The van der Waals surface area contributed by atoms with Crippen molar-refractivity contribution in [1.29, 1.82) is 0 Å². The van der Waals surface area contributed by atoms with Crippen molar-refractivity contribution >= 4 is 27.5 Å². The Bertz CT molecular complexity index is 480. The lowest BCUT2D eigenvalue weighted by Gasteiger charge is -2.03. The van der Waals surface area contributed by atoms with Crippen molar-refractivity contribution in [3.05, 3.63) is 23.5 Å². The maximum atomic E-state index is 10.7. The minimum atomic E-state index is -0.903. The summed E-state index contributed by atoms with van der Waals surface area (Å²) in [7, 11) is 0. The average Bonchev–Trinajstić information content (AvgIpc) is 2.62. The van der Waals surface area contributed by atoms with Gasteiger partial charge in [0.25, 0.3) is 0 Å². The maximum absolute atomic E-state index is 10.7. The van der Waals surface area contributed by atoms with Crippen molar-refractivity contribution in [3.8, 4) is 0 Å². The summed E-state index contributed by atoms with van der Waals surface area (Å²) >= 11 is 1.54. The number of rotatable bonds is 2. The standard InChI is InChI=1S/C9H8N2O2S/c1-5(9(12)13)8-10-4-7-6(11-8)2-3-14-7/h2-5H,1H3,(H,12,13). The van der Waals surface area contributed by atoms with Crippen LogP contribution in [0.2, 0.25) is 0 Å². The molecule has 1 unspecified atom stereocenters. The summed E-state index contributed by atoms with van der Waals surface area (Å²) in [6, 6.07) is 1.86. The predicted octanol–water partition coefficient (Wildman–Crippen LogP) is 1.88. The van der Waals surface area contributed by atoms with E-state index in [-0.39, 0.29) is 0 Å². The van der Waals surface area contributed by atoms with Crippen molar-refractivity contribution in [1.82, 2.24) is 9.97 Å². The summed E-state index contributed by atoms with van der Waals surface area (Å²) < 4.78 is 0.978. The third-order valence-corrected chi connectivity index (χ3v) is 2.82. The number of carbonyl (C=O) groups is 1. The predicted molar refractivity (Wildman–Crippen MR) is 53.5 cm³/mol. The van der Waals surface area contributed by atoms with Gasteiger partial charge in [-0.1, -0.05) is 0 Å². The van der Waals surface area contributed by atoms with E-state index in [4.69, 9.17) is 5.11 Å². The Labute approximate surface area is 84.2 Å². The smallest absolute Gasteiger partial charge is 0.313 e. The zero-order valence-electron chi connectivity index (χ0n) is 7.47. The molecule has 0 bridgehead atoms. The summed E-state index contributed by atoms with van der Waals surface area (Å²) in [5.41, 5.74) is 0.813. The Balaban J connectivity index is 2.48. The molecule has 0 spiro atoms. The molecule has 72 valence electrons. The molecule has 0 aromatic carbocycles. The zero-order chi connectivity index (χ0) is 10.1. The van der Waals surface area contributed by atoms with E-state index in [1.54, 1.807) is 24.5 Å². The Hall–Kier alpha value is -1.49. The first-order valence-electron chi connectivity index (χ1n) is 4.11. The molecule has 0 aliphatic rings. The molecule has 0 fully saturated rings. The highest BCUT2D eigenvalue weighted by Gasteiger charge is 2.16. The number of hydrogen-bond donors (Lipinski definition) is 1. The number of nitrogens with zero attached hydrogens (tertiary/aromatic N) is 2. The number of carboxylic acid groups (broad SMARTS) is 1. The molecule has 2 aromatic rings. The molecule has 5 heteroatoms. The van der Waals surface area contributed by atoms with Crippen molar-refractivity contribution in [2.75, 3.05) is 0 Å². The van der Waals surface area contributed by atoms with Gasteiger partial charge in [0, 0.05) is 6.20 Å². The molecule has 1 N–H and O–H groups in total. The molecule has 0 aliphatic heterocycles. The fourth-order valence-corrected chi connectivity index (χ4v) is 1.79. The van der Waals surface area contributed by atoms with Crippen LogP contribution in [0, 0.1) is 0 Å². The van der Waals surface area contributed by atoms with Crippen LogP contribution in [0.15, 0.2) is 17.6 Å². The van der Waals surface area contributed by atoms with E-state index in [9.17, 15) is 4.79 Å². The maximum Gasteiger partial charge on any atom is 0.313 e. The van der Waals surface area contributed by atoms with E-state index >= 15 is 0 Å². The topological polar surface area (TPSA) is 63.1 Å². The van der Waals surface area contributed by atoms with Crippen molar-refractivity contribution in [2.24, 2.45) is 0 Å². The van der Waals surface area contributed by atoms with Gasteiger partial charge in [-0.2, -0.15) is 0 Å². The number of aliphatic carboxylic acids is 1. The van der Waals surface area contributed by atoms with Crippen LogP contribution in [0.1, 0.15) is 18.7 Å². The molecule has 0 saturated heterocycles. The zero-order valence-corrected chi connectivity index (χ0v) is 8.28.